The summed E-state index contributed by atoms with van der Waals surface area (Å²) in [6, 6.07) is 8.14. The summed E-state index contributed by atoms with van der Waals surface area (Å²) < 4.78 is 0. The maximum Gasteiger partial charge on any atom is 0.245 e. The van der Waals surface area contributed by atoms with Crippen LogP contribution in [0, 0.1) is 6.92 Å². The lowest BCUT2D eigenvalue weighted by Crippen LogP contribution is -2.33. The summed E-state index contributed by atoms with van der Waals surface area (Å²) in [5.41, 5.74) is 2.38. The number of likely N-dealkylation sites (tertiary alicyclic amines) is 1. The van der Waals surface area contributed by atoms with Crippen molar-refractivity contribution in [2.45, 2.75) is 52.1 Å². The molecule has 0 bridgehead atoms. The zero-order chi connectivity index (χ0) is 17.3. The summed E-state index contributed by atoms with van der Waals surface area (Å²) in [4.78, 5) is 14.5. The number of aromatic nitrogens is 2. The second-order valence-electron chi connectivity index (χ2n) is 7.39. The van der Waals surface area contributed by atoms with E-state index < -0.39 is 0 Å². The lowest BCUT2D eigenvalue weighted by Gasteiger charge is -2.17. The molecule has 128 valence electrons. The van der Waals surface area contributed by atoms with Crippen LogP contribution in [0.4, 0.5) is 5.13 Å². The molecular formula is C18H24N4OS. The Kier molecular flexibility index (Phi) is 4.58. The molecule has 1 fully saturated rings. The van der Waals surface area contributed by atoms with Crippen molar-refractivity contribution in [2.24, 2.45) is 0 Å². The van der Waals surface area contributed by atoms with Gasteiger partial charge in [-0.05, 0) is 18.9 Å². The molecule has 1 saturated heterocycles. The van der Waals surface area contributed by atoms with Crippen LogP contribution >= 0.6 is 11.3 Å². The van der Waals surface area contributed by atoms with E-state index in [1.807, 2.05) is 4.90 Å². The van der Waals surface area contributed by atoms with Gasteiger partial charge in [-0.15, -0.1) is 10.2 Å². The monoisotopic (exact) mass is 344 g/mol. The quantitative estimate of drug-likeness (QED) is 0.924. The SMILES string of the molecule is Cc1ccc(CN2CCC(Nc3nnc(C(C)(C)C)s3)C2=O)cc1. The molecule has 1 amide bonds. The molecule has 1 aliphatic heterocycles. The van der Waals surface area contributed by atoms with Gasteiger partial charge in [0, 0.05) is 18.5 Å². The Hall–Kier alpha value is -1.95. The van der Waals surface area contributed by atoms with E-state index in [1.165, 1.54) is 22.5 Å². The Morgan fingerprint density at radius 1 is 1.25 bits per heavy atom. The van der Waals surface area contributed by atoms with Crippen molar-refractivity contribution in [1.82, 2.24) is 15.1 Å². The van der Waals surface area contributed by atoms with Crippen LogP contribution in [0.2, 0.25) is 0 Å². The first-order chi connectivity index (χ1) is 11.3. The van der Waals surface area contributed by atoms with Crippen LogP contribution in [0.1, 0.15) is 43.3 Å². The summed E-state index contributed by atoms with van der Waals surface area (Å²) in [6.07, 6.45) is 0.801. The normalized spacial score (nSPS) is 18.2. The van der Waals surface area contributed by atoms with Crippen LogP contribution in [0.5, 0.6) is 0 Å². The molecule has 0 aliphatic carbocycles. The number of amides is 1. The van der Waals surface area contributed by atoms with Gasteiger partial charge in [0.25, 0.3) is 0 Å². The van der Waals surface area contributed by atoms with E-state index in [9.17, 15) is 4.79 Å². The van der Waals surface area contributed by atoms with Crippen LogP contribution in [-0.2, 0) is 16.8 Å². The van der Waals surface area contributed by atoms with Crippen LogP contribution in [0.15, 0.2) is 24.3 Å². The highest BCUT2D eigenvalue weighted by Crippen LogP contribution is 2.29. The van der Waals surface area contributed by atoms with Gasteiger partial charge in [0.1, 0.15) is 11.0 Å². The van der Waals surface area contributed by atoms with Gasteiger partial charge in [-0.2, -0.15) is 0 Å². The lowest BCUT2D eigenvalue weighted by atomic mass is 9.98. The van der Waals surface area contributed by atoms with Gasteiger partial charge in [0.05, 0.1) is 0 Å². The van der Waals surface area contributed by atoms with E-state index >= 15 is 0 Å². The minimum atomic E-state index is -0.198. The third-order valence-electron chi connectivity index (χ3n) is 4.16. The van der Waals surface area contributed by atoms with Crippen molar-refractivity contribution in [3.8, 4) is 0 Å². The third kappa shape index (κ3) is 3.75. The molecule has 3 rings (SSSR count). The first-order valence-electron chi connectivity index (χ1n) is 8.28. The van der Waals surface area contributed by atoms with Gasteiger partial charge in [-0.3, -0.25) is 4.79 Å². The predicted molar refractivity (Wildman–Crippen MR) is 97.2 cm³/mol. The van der Waals surface area contributed by atoms with Crippen molar-refractivity contribution in [2.75, 3.05) is 11.9 Å². The summed E-state index contributed by atoms with van der Waals surface area (Å²) in [5.74, 6) is 0.142. The molecule has 1 unspecified atom stereocenters. The molecule has 24 heavy (non-hydrogen) atoms. The highest BCUT2D eigenvalue weighted by molar-refractivity contribution is 7.15. The van der Waals surface area contributed by atoms with Crippen molar-refractivity contribution >= 4 is 22.4 Å². The van der Waals surface area contributed by atoms with Gasteiger partial charge in [0.15, 0.2) is 0 Å². The largest absolute Gasteiger partial charge is 0.348 e. The summed E-state index contributed by atoms with van der Waals surface area (Å²) in [5, 5.41) is 13.4. The zero-order valence-electron chi connectivity index (χ0n) is 14.7. The predicted octanol–water partition coefficient (Wildman–Crippen LogP) is 3.36. The van der Waals surface area contributed by atoms with Gasteiger partial charge >= 0.3 is 0 Å². The minimum absolute atomic E-state index is 0.0191. The van der Waals surface area contributed by atoms with Crippen molar-refractivity contribution in [1.29, 1.82) is 0 Å². The molecule has 2 heterocycles. The Labute approximate surface area is 147 Å². The molecule has 1 aromatic carbocycles. The maximum absolute atomic E-state index is 12.6. The van der Waals surface area contributed by atoms with E-state index in [0.29, 0.717) is 6.54 Å². The number of hydrogen-bond acceptors (Lipinski definition) is 5. The van der Waals surface area contributed by atoms with Crippen LogP contribution in [-0.4, -0.2) is 33.6 Å². The zero-order valence-corrected chi connectivity index (χ0v) is 15.5. The average Bonchev–Trinajstić information content (AvgIpc) is 3.11. The molecule has 0 saturated carbocycles. The molecule has 0 radical (unpaired) electrons. The number of benzene rings is 1. The topological polar surface area (TPSA) is 58.1 Å². The Balaban J connectivity index is 1.61. The number of aryl methyl sites for hydroxylation is 1. The average molecular weight is 344 g/mol. The Morgan fingerprint density at radius 2 is 1.96 bits per heavy atom. The van der Waals surface area contributed by atoms with Crippen molar-refractivity contribution in [3.05, 3.63) is 40.4 Å². The lowest BCUT2D eigenvalue weighted by molar-refractivity contribution is -0.128. The van der Waals surface area contributed by atoms with Gasteiger partial charge < -0.3 is 10.2 Å². The van der Waals surface area contributed by atoms with E-state index in [4.69, 9.17) is 0 Å². The maximum atomic E-state index is 12.6. The summed E-state index contributed by atoms with van der Waals surface area (Å²) in [6.45, 7) is 9.85. The van der Waals surface area contributed by atoms with Crippen molar-refractivity contribution in [3.63, 3.8) is 0 Å². The molecule has 6 heteroatoms. The standard InChI is InChI=1S/C18H24N4OS/c1-12-5-7-13(8-6-12)11-22-10-9-14(15(22)23)19-17-21-20-16(24-17)18(2,3)4/h5-8,14H,9-11H2,1-4H3,(H,19,21). The molecule has 0 spiro atoms. The van der Waals surface area contributed by atoms with Gasteiger partial charge in [-0.25, -0.2) is 0 Å². The van der Waals surface area contributed by atoms with Crippen molar-refractivity contribution < 1.29 is 4.79 Å². The van der Waals surface area contributed by atoms with Crippen LogP contribution in [0.3, 0.4) is 0 Å². The number of carbonyl (C=O) groups is 1. The van der Waals surface area contributed by atoms with E-state index in [0.717, 1.165) is 23.1 Å². The van der Waals surface area contributed by atoms with Gasteiger partial charge in [-0.1, -0.05) is 61.9 Å². The summed E-state index contributed by atoms with van der Waals surface area (Å²) in [7, 11) is 0. The molecule has 1 atom stereocenters. The number of rotatable bonds is 4. The van der Waals surface area contributed by atoms with Gasteiger partial charge in [0.2, 0.25) is 11.0 Å². The van der Waals surface area contributed by atoms with E-state index in [1.54, 1.807) is 0 Å². The Morgan fingerprint density at radius 3 is 2.58 bits per heavy atom. The second kappa shape index (κ2) is 6.51. The summed E-state index contributed by atoms with van der Waals surface area (Å²) >= 11 is 1.53. The molecule has 2 aromatic rings. The first kappa shape index (κ1) is 16.9. The smallest absolute Gasteiger partial charge is 0.245 e. The van der Waals surface area contributed by atoms with E-state index in [2.05, 4.69) is 67.5 Å². The van der Waals surface area contributed by atoms with Crippen LogP contribution < -0.4 is 5.32 Å². The highest BCUT2D eigenvalue weighted by atomic mass is 32.1. The second-order valence-corrected chi connectivity index (χ2v) is 8.37. The fourth-order valence-electron chi connectivity index (χ4n) is 2.68. The molecule has 1 N–H and O–H groups in total. The number of hydrogen-bond donors (Lipinski definition) is 1. The van der Waals surface area contributed by atoms with E-state index in [-0.39, 0.29) is 17.4 Å². The van der Waals surface area contributed by atoms with Crippen LogP contribution in [0.25, 0.3) is 0 Å². The highest BCUT2D eigenvalue weighted by Gasteiger charge is 2.32. The number of anilines is 1. The Bertz CT molecular complexity index is 717. The molecule has 1 aromatic heterocycles. The first-order valence-corrected chi connectivity index (χ1v) is 9.09. The number of nitrogens with one attached hydrogen (secondary N) is 1. The molecule has 1 aliphatic rings. The fraction of sp³-hybridized carbons (Fsp3) is 0.500. The fourth-order valence-corrected chi connectivity index (χ4v) is 3.53. The number of carbonyl (C=O) groups excluding carboxylic acids is 1. The number of nitrogens with zero attached hydrogens (tertiary/aromatic N) is 3. The third-order valence-corrected chi connectivity index (χ3v) is 5.44. The molecular weight excluding hydrogens is 320 g/mol. The minimum Gasteiger partial charge on any atom is -0.348 e. The molecule has 5 nitrogen and oxygen atoms in total.